The molecule has 0 aliphatic carbocycles. The normalized spacial score (nSPS) is 10.9. The van der Waals surface area contributed by atoms with Gasteiger partial charge in [0.1, 0.15) is 11.5 Å². The zero-order valence-corrected chi connectivity index (χ0v) is 19.9. The summed E-state index contributed by atoms with van der Waals surface area (Å²) in [4.78, 5) is 23.7. The molecule has 3 aromatic carbocycles. The fraction of sp³-hybridized carbons (Fsp3) is 0.143. The molecule has 0 aliphatic rings. The first-order valence-electron chi connectivity index (χ1n) is 10.5. The number of esters is 2. The Kier molecular flexibility index (Phi) is 5.91. The average Bonchev–Trinajstić information content (AvgIpc) is 3.17. The van der Waals surface area contributed by atoms with E-state index in [0.29, 0.717) is 22.6 Å². The van der Waals surface area contributed by atoms with Crippen LogP contribution in [0.5, 0.6) is 11.5 Å². The minimum absolute atomic E-state index is 0.359. The average molecular weight is 457 g/mol. The third-order valence-electron chi connectivity index (χ3n) is 5.53. The molecule has 0 radical (unpaired) electrons. The van der Waals surface area contributed by atoms with Crippen molar-refractivity contribution in [1.29, 1.82) is 0 Å². The smallest absolute Gasteiger partial charge is 0.338 e. The van der Waals surface area contributed by atoms with Gasteiger partial charge in [0.2, 0.25) is 0 Å². The quantitative estimate of drug-likeness (QED) is 0.180. The molecule has 5 heteroatoms. The van der Waals surface area contributed by atoms with Crippen molar-refractivity contribution >= 4 is 43.4 Å². The van der Waals surface area contributed by atoms with Crippen LogP contribution in [0.15, 0.2) is 72.8 Å². The van der Waals surface area contributed by atoms with Gasteiger partial charge in [0.15, 0.2) is 0 Å². The van der Waals surface area contributed by atoms with Crippen LogP contribution in [0, 0.1) is 13.8 Å². The van der Waals surface area contributed by atoms with Crippen LogP contribution in [-0.2, 0) is 9.59 Å². The molecule has 0 unspecified atom stereocenters. The summed E-state index contributed by atoms with van der Waals surface area (Å²) in [7, 11) is 0. The van der Waals surface area contributed by atoms with E-state index in [2.05, 4.69) is 32.2 Å². The second-order valence-corrected chi connectivity index (χ2v) is 9.17. The number of fused-ring (bicyclic) bond motifs is 3. The predicted molar refractivity (Wildman–Crippen MR) is 135 cm³/mol. The van der Waals surface area contributed by atoms with Crippen LogP contribution in [0.1, 0.15) is 25.0 Å². The minimum Gasteiger partial charge on any atom is -0.423 e. The van der Waals surface area contributed by atoms with Gasteiger partial charge in [-0.15, -0.1) is 11.3 Å². The summed E-state index contributed by atoms with van der Waals surface area (Å²) in [6.45, 7) is 14.6. The first-order valence-corrected chi connectivity index (χ1v) is 11.3. The number of benzene rings is 3. The molecule has 33 heavy (non-hydrogen) atoms. The van der Waals surface area contributed by atoms with Crippen LogP contribution >= 0.6 is 11.3 Å². The molecule has 4 rings (SSSR count). The van der Waals surface area contributed by atoms with Crippen molar-refractivity contribution in [3.63, 3.8) is 0 Å². The van der Waals surface area contributed by atoms with Crippen LogP contribution in [0.25, 0.3) is 31.3 Å². The number of rotatable bonds is 5. The monoisotopic (exact) mass is 456 g/mol. The Morgan fingerprint density at radius 2 is 1.27 bits per heavy atom. The zero-order valence-electron chi connectivity index (χ0n) is 19.1. The molecule has 0 aliphatic heterocycles. The predicted octanol–water partition coefficient (Wildman–Crippen LogP) is 7.30. The standard InChI is InChI=1S/C28H24O4S/c1-15(2)27(29)31-20-9-7-19(8-10-20)21-11-12-22-23-13-14-24(32-28(30)16(3)4)18(6)26(23)33-25(22)17(21)5/h7-14H,1,3H2,2,4-6H3. The first-order chi connectivity index (χ1) is 15.7. The molecule has 0 amide bonds. The number of hydrogen-bond donors (Lipinski definition) is 0. The number of ether oxygens (including phenoxy) is 2. The Hall–Kier alpha value is -3.70. The van der Waals surface area contributed by atoms with E-state index in [1.54, 1.807) is 37.3 Å². The lowest BCUT2D eigenvalue weighted by Crippen LogP contribution is -2.08. The maximum atomic E-state index is 12.0. The fourth-order valence-corrected chi connectivity index (χ4v) is 4.96. The van der Waals surface area contributed by atoms with E-state index in [0.717, 1.165) is 26.8 Å². The van der Waals surface area contributed by atoms with Crippen molar-refractivity contribution in [2.45, 2.75) is 27.7 Å². The molecule has 0 spiro atoms. The summed E-state index contributed by atoms with van der Waals surface area (Å²) in [5.41, 5.74) is 4.98. The molecule has 166 valence electrons. The Labute approximate surface area is 196 Å². The van der Waals surface area contributed by atoms with Crippen molar-refractivity contribution < 1.29 is 19.1 Å². The second kappa shape index (κ2) is 8.68. The Balaban J connectivity index is 1.74. The summed E-state index contributed by atoms with van der Waals surface area (Å²) in [6, 6.07) is 15.6. The Morgan fingerprint density at radius 3 is 1.88 bits per heavy atom. The SMILES string of the molecule is C=C(C)C(=O)Oc1ccc(-c2ccc3c(sc4c(C)c(OC(=O)C(=C)C)ccc43)c2C)cc1. The molecule has 0 saturated heterocycles. The van der Waals surface area contributed by atoms with E-state index in [1.807, 2.05) is 31.2 Å². The molecular formula is C28H24O4S. The first kappa shape index (κ1) is 22.5. The van der Waals surface area contributed by atoms with Crippen LogP contribution in [0.4, 0.5) is 0 Å². The van der Waals surface area contributed by atoms with Crippen LogP contribution in [0.2, 0.25) is 0 Å². The van der Waals surface area contributed by atoms with Gasteiger partial charge < -0.3 is 9.47 Å². The van der Waals surface area contributed by atoms with Gasteiger partial charge >= 0.3 is 11.9 Å². The van der Waals surface area contributed by atoms with Gasteiger partial charge in [0, 0.05) is 36.9 Å². The van der Waals surface area contributed by atoms with Crippen molar-refractivity contribution in [1.82, 2.24) is 0 Å². The second-order valence-electron chi connectivity index (χ2n) is 8.15. The van der Waals surface area contributed by atoms with E-state index in [1.165, 1.54) is 15.6 Å². The van der Waals surface area contributed by atoms with E-state index in [4.69, 9.17) is 9.47 Å². The molecule has 1 heterocycles. The van der Waals surface area contributed by atoms with Gasteiger partial charge in [-0.1, -0.05) is 37.4 Å². The van der Waals surface area contributed by atoms with Crippen LogP contribution in [0.3, 0.4) is 0 Å². The maximum Gasteiger partial charge on any atom is 0.338 e. The van der Waals surface area contributed by atoms with Gasteiger partial charge in [-0.25, -0.2) is 9.59 Å². The largest absolute Gasteiger partial charge is 0.423 e. The molecular weight excluding hydrogens is 432 g/mol. The zero-order chi connectivity index (χ0) is 23.9. The fourth-order valence-electron chi connectivity index (χ4n) is 3.66. The van der Waals surface area contributed by atoms with Crippen LogP contribution < -0.4 is 9.47 Å². The minimum atomic E-state index is -0.436. The number of thiophene rings is 1. The number of carbonyl (C=O) groups excluding carboxylic acids is 2. The van der Waals surface area contributed by atoms with Gasteiger partial charge in [-0.2, -0.15) is 0 Å². The van der Waals surface area contributed by atoms with Gasteiger partial charge in [0.25, 0.3) is 0 Å². The number of aryl methyl sites for hydroxylation is 2. The molecule has 0 bridgehead atoms. The maximum absolute atomic E-state index is 12.0. The molecule has 0 N–H and O–H groups in total. The summed E-state index contributed by atoms with van der Waals surface area (Å²) in [5, 5.41) is 2.31. The summed E-state index contributed by atoms with van der Waals surface area (Å²) >= 11 is 1.70. The van der Waals surface area contributed by atoms with Crippen LogP contribution in [-0.4, -0.2) is 11.9 Å². The molecule has 0 atom stereocenters. The molecule has 4 nitrogen and oxygen atoms in total. The topological polar surface area (TPSA) is 52.6 Å². The summed E-state index contributed by atoms with van der Waals surface area (Å²) < 4.78 is 13.1. The Bertz CT molecular complexity index is 1460. The number of carbonyl (C=O) groups is 2. The highest BCUT2D eigenvalue weighted by Gasteiger charge is 2.16. The van der Waals surface area contributed by atoms with Crippen molar-refractivity contribution in [3.8, 4) is 22.6 Å². The van der Waals surface area contributed by atoms with Gasteiger partial charge in [-0.05, 0) is 68.7 Å². The Morgan fingerprint density at radius 1 is 0.727 bits per heavy atom. The van der Waals surface area contributed by atoms with Gasteiger partial charge in [-0.3, -0.25) is 0 Å². The molecule has 0 fully saturated rings. The van der Waals surface area contributed by atoms with E-state index >= 15 is 0 Å². The van der Waals surface area contributed by atoms with E-state index in [-0.39, 0.29) is 0 Å². The highest BCUT2D eigenvalue weighted by atomic mass is 32.1. The molecule has 0 saturated carbocycles. The third kappa shape index (κ3) is 4.20. The highest BCUT2D eigenvalue weighted by Crippen LogP contribution is 2.43. The lowest BCUT2D eigenvalue weighted by Gasteiger charge is -2.09. The van der Waals surface area contributed by atoms with Gasteiger partial charge in [0.05, 0.1) is 0 Å². The lowest BCUT2D eigenvalue weighted by molar-refractivity contribution is -0.130. The lowest BCUT2D eigenvalue weighted by atomic mass is 9.98. The van der Waals surface area contributed by atoms with E-state index in [9.17, 15) is 9.59 Å². The highest BCUT2D eigenvalue weighted by molar-refractivity contribution is 7.26. The van der Waals surface area contributed by atoms with E-state index < -0.39 is 11.9 Å². The number of hydrogen-bond acceptors (Lipinski definition) is 5. The van der Waals surface area contributed by atoms with Crippen molar-refractivity contribution in [3.05, 3.63) is 84.0 Å². The summed E-state index contributed by atoms with van der Waals surface area (Å²) in [5.74, 6) is 0.184. The third-order valence-corrected chi connectivity index (χ3v) is 6.99. The van der Waals surface area contributed by atoms with Crippen molar-refractivity contribution in [2.24, 2.45) is 0 Å². The van der Waals surface area contributed by atoms with Crippen molar-refractivity contribution in [2.75, 3.05) is 0 Å². The summed E-state index contributed by atoms with van der Waals surface area (Å²) in [6.07, 6.45) is 0. The molecule has 1 aromatic heterocycles. The molecule has 4 aromatic rings.